The van der Waals surface area contributed by atoms with Gasteiger partial charge in [0.25, 0.3) is 0 Å². The van der Waals surface area contributed by atoms with Crippen molar-refractivity contribution in [1.29, 1.82) is 0 Å². The number of benzene rings is 1. The SMILES string of the molecule is Nc1ccc(CC(=O)OCC2CCCC2)cc1. The van der Waals surface area contributed by atoms with Gasteiger partial charge in [-0.3, -0.25) is 4.79 Å². The van der Waals surface area contributed by atoms with Crippen LogP contribution in [0.1, 0.15) is 31.2 Å². The van der Waals surface area contributed by atoms with E-state index in [0.29, 0.717) is 24.6 Å². The van der Waals surface area contributed by atoms with Crippen molar-refractivity contribution in [2.24, 2.45) is 5.92 Å². The van der Waals surface area contributed by atoms with Gasteiger partial charge in [0.15, 0.2) is 0 Å². The number of carbonyl (C=O) groups excluding carboxylic acids is 1. The number of hydrogen-bond donors (Lipinski definition) is 1. The smallest absolute Gasteiger partial charge is 0.310 e. The van der Waals surface area contributed by atoms with Crippen LogP contribution in [0, 0.1) is 5.92 Å². The summed E-state index contributed by atoms with van der Waals surface area (Å²) in [5.41, 5.74) is 7.25. The highest BCUT2D eigenvalue weighted by Gasteiger charge is 2.16. The van der Waals surface area contributed by atoms with Crippen LogP contribution in [0.4, 0.5) is 5.69 Å². The number of nitrogen functional groups attached to an aromatic ring is 1. The molecule has 0 atom stereocenters. The van der Waals surface area contributed by atoms with Crippen molar-refractivity contribution in [3.63, 3.8) is 0 Å². The number of esters is 1. The Balaban J connectivity index is 1.74. The lowest BCUT2D eigenvalue weighted by Crippen LogP contribution is -2.13. The van der Waals surface area contributed by atoms with Gasteiger partial charge in [-0.05, 0) is 36.5 Å². The quantitative estimate of drug-likeness (QED) is 0.642. The van der Waals surface area contributed by atoms with Crippen LogP contribution in [0.15, 0.2) is 24.3 Å². The molecular formula is C14H19NO2. The molecule has 0 spiro atoms. The maximum atomic E-state index is 11.6. The van der Waals surface area contributed by atoms with E-state index in [-0.39, 0.29) is 5.97 Å². The molecule has 0 bridgehead atoms. The molecule has 17 heavy (non-hydrogen) atoms. The minimum atomic E-state index is -0.137. The first-order valence-electron chi connectivity index (χ1n) is 6.24. The van der Waals surface area contributed by atoms with E-state index in [0.717, 1.165) is 5.56 Å². The maximum Gasteiger partial charge on any atom is 0.310 e. The number of rotatable bonds is 4. The van der Waals surface area contributed by atoms with Crippen molar-refractivity contribution in [1.82, 2.24) is 0 Å². The molecule has 2 N–H and O–H groups in total. The monoisotopic (exact) mass is 233 g/mol. The Morgan fingerprint density at radius 2 is 1.88 bits per heavy atom. The first-order valence-corrected chi connectivity index (χ1v) is 6.24. The van der Waals surface area contributed by atoms with Crippen molar-refractivity contribution in [2.75, 3.05) is 12.3 Å². The Labute approximate surface area is 102 Å². The average molecular weight is 233 g/mol. The fourth-order valence-electron chi connectivity index (χ4n) is 2.24. The van der Waals surface area contributed by atoms with Gasteiger partial charge in [-0.1, -0.05) is 25.0 Å². The predicted octanol–water partition coefficient (Wildman–Crippen LogP) is 2.54. The third kappa shape index (κ3) is 3.77. The highest BCUT2D eigenvalue weighted by Crippen LogP contribution is 2.24. The fraction of sp³-hybridized carbons (Fsp3) is 0.500. The van der Waals surface area contributed by atoms with Gasteiger partial charge in [-0.25, -0.2) is 0 Å². The van der Waals surface area contributed by atoms with Crippen molar-refractivity contribution in [3.8, 4) is 0 Å². The molecule has 0 saturated heterocycles. The van der Waals surface area contributed by atoms with E-state index in [1.807, 2.05) is 12.1 Å². The van der Waals surface area contributed by atoms with Gasteiger partial charge in [-0.2, -0.15) is 0 Å². The highest BCUT2D eigenvalue weighted by molar-refractivity contribution is 5.72. The second kappa shape index (κ2) is 5.71. The van der Waals surface area contributed by atoms with Gasteiger partial charge in [0, 0.05) is 5.69 Å². The molecular weight excluding hydrogens is 214 g/mol. The molecule has 1 fully saturated rings. The lowest BCUT2D eigenvalue weighted by atomic mass is 10.1. The Bertz CT molecular complexity index is 366. The van der Waals surface area contributed by atoms with E-state index in [1.54, 1.807) is 12.1 Å². The zero-order chi connectivity index (χ0) is 12.1. The zero-order valence-electron chi connectivity index (χ0n) is 10.0. The molecule has 1 aromatic rings. The molecule has 1 aromatic carbocycles. The van der Waals surface area contributed by atoms with Crippen molar-refractivity contribution in [2.45, 2.75) is 32.1 Å². The van der Waals surface area contributed by atoms with E-state index >= 15 is 0 Å². The zero-order valence-corrected chi connectivity index (χ0v) is 10.0. The predicted molar refractivity (Wildman–Crippen MR) is 67.5 cm³/mol. The molecule has 1 saturated carbocycles. The Morgan fingerprint density at radius 3 is 2.53 bits per heavy atom. The fourth-order valence-corrected chi connectivity index (χ4v) is 2.24. The number of anilines is 1. The van der Waals surface area contributed by atoms with E-state index in [2.05, 4.69) is 0 Å². The van der Waals surface area contributed by atoms with Gasteiger partial charge in [0.2, 0.25) is 0 Å². The molecule has 1 aliphatic rings. The Hall–Kier alpha value is -1.51. The Morgan fingerprint density at radius 1 is 1.24 bits per heavy atom. The van der Waals surface area contributed by atoms with Crippen LogP contribution in [-0.4, -0.2) is 12.6 Å². The largest absolute Gasteiger partial charge is 0.465 e. The number of carbonyl (C=O) groups is 1. The molecule has 0 heterocycles. The van der Waals surface area contributed by atoms with Gasteiger partial charge in [0.1, 0.15) is 0 Å². The van der Waals surface area contributed by atoms with Gasteiger partial charge in [-0.15, -0.1) is 0 Å². The Kier molecular flexibility index (Phi) is 4.02. The molecule has 1 aliphatic carbocycles. The van der Waals surface area contributed by atoms with Crippen LogP contribution < -0.4 is 5.73 Å². The standard InChI is InChI=1S/C14H19NO2/c15-13-7-5-11(6-8-13)9-14(16)17-10-12-3-1-2-4-12/h5-8,12H,1-4,9-10,15H2. The van der Waals surface area contributed by atoms with Crippen LogP contribution in [-0.2, 0) is 16.0 Å². The van der Waals surface area contributed by atoms with Crippen molar-refractivity contribution >= 4 is 11.7 Å². The molecule has 0 aliphatic heterocycles. The molecule has 3 heteroatoms. The summed E-state index contributed by atoms with van der Waals surface area (Å²) in [5.74, 6) is 0.451. The second-order valence-corrected chi connectivity index (χ2v) is 4.75. The molecule has 0 amide bonds. The number of hydrogen-bond acceptors (Lipinski definition) is 3. The molecule has 92 valence electrons. The third-order valence-corrected chi connectivity index (χ3v) is 3.28. The molecule has 0 aromatic heterocycles. The summed E-state index contributed by atoms with van der Waals surface area (Å²) >= 11 is 0. The summed E-state index contributed by atoms with van der Waals surface area (Å²) < 4.78 is 5.29. The van der Waals surface area contributed by atoms with Gasteiger partial charge < -0.3 is 10.5 Å². The average Bonchev–Trinajstić information content (AvgIpc) is 2.83. The van der Waals surface area contributed by atoms with Crippen LogP contribution in [0.3, 0.4) is 0 Å². The van der Waals surface area contributed by atoms with Crippen LogP contribution >= 0.6 is 0 Å². The molecule has 2 rings (SSSR count). The summed E-state index contributed by atoms with van der Waals surface area (Å²) in [6.07, 6.45) is 5.30. The first kappa shape index (κ1) is 12.0. The maximum absolute atomic E-state index is 11.6. The molecule has 0 unspecified atom stereocenters. The number of ether oxygens (including phenoxy) is 1. The summed E-state index contributed by atoms with van der Waals surface area (Å²) in [5, 5.41) is 0. The highest BCUT2D eigenvalue weighted by atomic mass is 16.5. The van der Waals surface area contributed by atoms with Crippen molar-refractivity contribution in [3.05, 3.63) is 29.8 Å². The van der Waals surface area contributed by atoms with E-state index in [4.69, 9.17) is 10.5 Å². The molecule has 3 nitrogen and oxygen atoms in total. The second-order valence-electron chi connectivity index (χ2n) is 4.75. The van der Waals surface area contributed by atoms with Crippen molar-refractivity contribution < 1.29 is 9.53 Å². The normalized spacial score (nSPS) is 16.0. The van der Waals surface area contributed by atoms with E-state index in [1.165, 1.54) is 25.7 Å². The van der Waals surface area contributed by atoms with E-state index < -0.39 is 0 Å². The van der Waals surface area contributed by atoms with Gasteiger partial charge >= 0.3 is 5.97 Å². The first-order chi connectivity index (χ1) is 8.24. The summed E-state index contributed by atoms with van der Waals surface area (Å²) in [4.78, 5) is 11.6. The topological polar surface area (TPSA) is 52.3 Å². The summed E-state index contributed by atoms with van der Waals surface area (Å²) in [6.45, 7) is 0.591. The third-order valence-electron chi connectivity index (χ3n) is 3.28. The minimum Gasteiger partial charge on any atom is -0.465 e. The summed E-state index contributed by atoms with van der Waals surface area (Å²) in [7, 11) is 0. The summed E-state index contributed by atoms with van der Waals surface area (Å²) in [6, 6.07) is 7.34. The van der Waals surface area contributed by atoms with Crippen LogP contribution in [0.25, 0.3) is 0 Å². The van der Waals surface area contributed by atoms with Gasteiger partial charge in [0.05, 0.1) is 13.0 Å². The van der Waals surface area contributed by atoms with E-state index in [9.17, 15) is 4.79 Å². The molecule has 0 radical (unpaired) electrons. The van der Waals surface area contributed by atoms with Crippen LogP contribution in [0.2, 0.25) is 0 Å². The van der Waals surface area contributed by atoms with Crippen LogP contribution in [0.5, 0.6) is 0 Å². The minimum absolute atomic E-state index is 0.137. The lowest BCUT2D eigenvalue weighted by Gasteiger charge is -2.10. The number of nitrogens with two attached hydrogens (primary N) is 1. The lowest BCUT2D eigenvalue weighted by molar-refractivity contribution is -0.144.